The minimum Gasteiger partial charge on any atom is -0.489 e. The highest BCUT2D eigenvalue weighted by Gasteiger charge is 2.40. The van der Waals surface area contributed by atoms with Crippen LogP contribution in [0.3, 0.4) is 0 Å². The SMILES string of the molecule is CCOC(=O)c1ccc(Oc2c(C(F)(F)F)oc3cc(OC/C=C/c4ccccc4)ccc3c2=O)cc1. The van der Waals surface area contributed by atoms with Crippen LogP contribution in [-0.4, -0.2) is 19.2 Å². The molecule has 0 atom stereocenters. The molecule has 1 aromatic heterocycles. The zero-order valence-electron chi connectivity index (χ0n) is 19.6. The van der Waals surface area contributed by atoms with Crippen molar-refractivity contribution in [1.29, 1.82) is 0 Å². The Morgan fingerprint density at radius 2 is 1.68 bits per heavy atom. The first-order valence-corrected chi connectivity index (χ1v) is 11.2. The van der Waals surface area contributed by atoms with Crippen molar-refractivity contribution in [1.82, 2.24) is 0 Å². The van der Waals surface area contributed by atoms with Crippen molar-refractivity contribution in [2.24, 2.45) is 0 Å². The molecule has 0 radical (unpaired) electrons. The number of hydrogen-bond acceptors (Lipinski definition) is 6. The molecule has 0 N–H and O–H groups in total. The first kappa shape index (κ1) is 25.6. The fourth-order valence-electron chi connectivity index (χ4n) is 3.41. The largest absolute Gasteiger partial charge is 0.489 e. The number of esters is 1. The van der Waals surface area contributed by atoms with Crippen molar-refractivity contribution in [3.63, 3.8) is 0 Å². The summed E-state index contributed by atoms with van der Waals surface area (Å²) in [7, 11) is 0. The van der Waals surface area contributed by atoms with Gasteiger partial charge in [-0.25, -0.2) is 4.79 Å². The Labute approximate surface area is 209 Å². The van der Waals surface area contributed by atoms with Crippen molar-refractivity contribution in [2.75, 3.05) is 13.2 Å². The average Bonchev–Trinajstić information content (AvgIpc) is 2.88. The van der Waals surface area contributed by atoms with E-state index >= 15 is 0 Å². The molecule has 0 unspecified atom stereocenters. The molecule has 0 spiro atoms. The number of hydrogen-bond donors (Lipinski definition) is 0. The Hall–Kier alpha value is -4.53. The number of ether oxygens (including phenoxy) is 3. The third kappa shape index (κ3) is 6.19. The highest BCUT2D eigenvalue weighted by Crippen LogP contribution is 2.38. The molecule has 0 amide bonds. The summed E-state index contributed by atoms with van der Waals surface area (Å²) < 4.78 is 62.3. The molecule has 4 aromatic rings. The predicted octanol–water partition coefficient (Wildman–Crippen LogP) is 6.87. The lowest BCUT2D eigenvalue weighted by molar-refractivity contribution is -0.154. The van der Waals surface area contributed by atoms with E-state index in [4.69, 9.17) is 18.6 Å². The van der Waals surface area contributed by atoms with E-state index in [1.807, 2.05) is 36.4 Å². The normalized spacial score (nSPS) is 11.6. The van der Waals surface area contributed by atoms with Crippen LogP contribution in [0.1, 0.15) is 28.6 Å². The molecule has 0 aliphatic carbocycles. The lowest BCUT2D eigenvalue weighted by Crippen LogP contribution is -2.15. The number of carbonyl (C=O) groups excluding carboxylic acids is 1. The van der Waals surface area contributed by atoms with Gasteiger partial charge < -0.3 is 18.6 Å². The zero-order valence-corrected chi connectivity index (χ0v) is 19.6. The summed E-state index contributed by atoms with van der Waals surface area (Å²) in [6, 6.07) is 18.6. The summed E-state index contributed by atoms with van der Waals surface area (Å²) in [6.45, 7) is 1.96. The lowest BCUT2D eigenvalue weighted by Gasteiger charge is -2.14. The Kier molecular flexibility index (Phi) is 7.62. The summed E-state index contributed by atoms with van der Waals surface area (Å²) >= 11 is 0. The molecule has 0 fully saturated rings. The van der Waals surface area contributed by atoms with Gasteiger partial charge in [0, 0.05) is 6.07 Å². The van der Waals surface area contributed by atoms with Gasteiger partial charge >= 0.3 is 12.1 Å². The summed E-state index contributed by atoms with van der Waals surface area (Å²) in [5.74, 6) is -3.05. The number of halogens is 3. The summed E-state index contributed by atoms with van der Waals surface area (Å²) in [5, 5.41) is -0.113. The predicted molar refractivity (Wildman–Crippen MR) is 131 cm³/mol. The van der Waals surface area contributed by atoms with Gasteiger partial charge in [-0.15, -0.1) is 0 Å². The van der Waals surface area contributed by atoms with Gasteiger partial charge in [-0.05, 0) is 55.0 Å². The number of fused-ring (bicyclic) bond motifs is 1. The van der Waals surface area contributed by atoms with E-state index in [1.165, 1.54) is 42.5 Å². The summed E-state index contributed by atoms with van der Waals surface area (Å²) in [4.78, 5) is 24.8. The third-order valence-electron chi connectivity index (χ3n) is 5.12. The second-order valence-electron chi connectivity index (χ2n) is 7.72. The van der Waals surface area contributed by atoms with Crippen molar-refractivity contribution >= 4 is 23.0 Å². The summed E-state index contributed by atoms with van der Waals surface area (Å²) in [6.07, 6.45) is -1.42. The molecule has 6 nitrogen and oxygen atoms in total. The van der Waals surface area contributed by atoms with Crippen LogP contribution in [0.4, 0.5) is 13.2 Å². The van der Waals surface area contributed by atoms with Gasteiger partial charge in [-0.1, -0.05) is 36.4 Å². The molecule has 0 saturated heterocycles. The van der Waals surface area contributed by atoms with Crippen molar-refractivity contribution < 1.29 is 36.6 Å². The molecule has 0 aliphatic heterocycles. The molecule has 190 valence electrons. The minimum absolute atomic E-state index is 0.0876. The van der Waals surface area contributed by atoms with Crippen LogP contribution in [-0.2, 0) is 10.9 Å². The van der Waals surface area contributed by atoms with Gasteiger partial charge in [0.05, 0.1) is 17.6 Å². The van der Waals surface area contributed by atoms with E-state index < -0.39 is 29.1 Å². The van der Waals surface area contributed by atoms with Crippen LogP contribution in [0.25, 0.3) is 17.0 Å². The molecule has 1 heterocycles. The Bertz CT molecular complexity index is 1470. The van der Waals surface area contributed by atoms with Crippen molar-refractivity contribution in [3.05, 3.63) is 106 Å². The van der Waals surface area contributed by atoms with Gasteiger partial charge in [-0.3, -0.25) is 4.79 Å². The molecule has 37 heavy (non-hydrogen) atoms. The first-order valence-electron chi connectivity index (χ1n) is 11.2. The quantitative estimate of drug-likeness (QED) is 0.241. The monoisotopic (exact) mass is 510 g/mol. The molecular weight excluding hydrogens is 489 g/mol. The number of benzene rings is 3. The fourth-order valence-corrected chi connectivity index (χ4v) is 3.41. The van der Waals surface area contributed by atoms with Crippen molar-refractivity contribution in [2.45, 2.75) is 13.1 Å². The Morgan fingerprint density at radius 3 is 2.35 bits per heavy atom. The highest BCUT2D eigenvalue weighted by atomic mass is 19.4. The van der Waals surface area contributed by atoms with E-state index in [0.717, 1.165) is 5.56 Å². The molecule has 9 heteroatoms. The molecule has 3 aromatic carbocycles. The maximum absolute atomic E-state index is 13.8. The second-order valence-corrected chi connectivity index (χ2v) is 7.72. The zero-order chi connectivity index (χ0) is 26.4. The summed E-state index contributed by atoms with van der Waals surface area (Å²) in [5.41, 5.74) is -0.152. The Morgan fingerprint density at radius 1 is 0.973 bits per heavy atom. The smallest absolute Gasteiger partial charge is 0.453 e. The van der Waals surface area contributed by atoms with Crippen LogP contribution in [0, 0.1) is 0 Å². The van der Waals surface area contributed by atoms with Crippen LogP contribution >= 0.6 is 0 Å². The van der Waals surface area contributed by atoms with Crippen LogP contribution < -0.4 is 14.9 Å². The second kappa shape index (κ2) is 11.0. The van der Waals surface area contributed by atoms with E-state index in [0.29, 0.717) is 0 Å². The Balaban J connectivity index is 1.60. The van der Waals surface area contributed by atoms with E-state index in [9.17, 15) is 22.8 Å². The maximum atomic E-state index is 13.8. The standard InChI is InChI=1S/C28H21F3O6/c1-2-34-27(33)19-10-12-20(13-11-19)36-25-24(32)22-15-14-21(17-23(22)37-26(25)28(29,30)31)35-16-6-9-18-7-4-3-5-8-18/h3-15,17H,2,16H2,1H3/b9-6+. The third-order valence-corrected chi connectivity index (χ3v) is 5.12. The van der Waals surface area contributed by atoms with Crippen LogP contribution in [0.2, 0.25) is 0 Å². The van der Waals surface area contributed by atoms with E-state index in [1.54, 1.807) is 13.0 Å². The molecule has 0 aliphatic rings. The number of rotatable bonds is 8. The number of alkyl halides is 3. The number of carbonyl (C=O) groups is 1. The van der Waals surface area contributed by atoms with Gasteiger partial charge in [0.25, 0.3) is 5.76 Å². The lowest BCUT2D eigenvalue weighted by atomic mass is 10.2. The average molecular weight is 510 g/mol. The topological polar surface area (TPSA) is 75.0 Å². The fraction of sp³-hybridized carbons (Fsp3) is 0.143. The minimum atomic E-state index is -5.01. The van der Waals surface area contributed by atoms with Gasteiger partial charge in [-0.2, -0.15) is 13.2 Å². The van der Waals surface area contributed by atoms with E-state index in [2.05, 4.69) is 0 Å². The van der Waals surface area contributed by atoms with Crippen molar-refractivity contribution in [3.8, 4) is 17.2 Å². The molecule has 4 rings (SSSR count). The van der Waals surface area contributed by atoms with Gasteiger partial charge in [0.15, 0.2) is 0 Å². The van der Waals surface area contributed by atoms with E-state index in [-0.39, 0.29) is 41.2 Å². The molecule has 0 bridgehead atoms. The molecular formula is C28H21F3O6. The van der Waals surface area contributed by atoms with Gasteiger partial charge in [0.1, 0.15) is 23.7 Å². The first-order chi connectivity index (χ1) is 17.8. The van der Waals surface area contributed by atoms with Crippen LogP contribution in [0.5, 0.6) is 17.2 Å². The maximum Gasteiger partial charge on any atom is 0.453 e. The van der Waals surface area contributed by atoms with Gasteiger partial charge in [0.2, 0.25) is 11.2 Å². The van der Waals surface area contributed by atoms with Crippen LogP contribution in [0.15, 0.2) is 88.1 Å². The molecule has 0 saturated carbocycles. The highest BCUT2D eigenvalue weighted by molar-refractivity contribution is 5.89.